The van der Waals surface area contributed by atoms with Gasteiger partial charge in [-0.05, 0) is 63.9 Å². The van der Waals surface area contributed by atoms with Crippen LogP contribution in [0.15, 0.2) is 23.8 Å². The van der Waals surface area contributed by atoms with Crippen LogP contribution >= 0.6 is 0 Å². The highest BCUT2D eigenvalue weighted by atomic mass is 19.1. The predicted molar refractivity (Wildman–Crippen MR) is 154 cm³/mol. The molecule has 10 nitrogen and oxygen atoms in total. The lowest BCUT2D eigenvalue weighted by Crippen LogP contribution is -2.59. The molecule has 1 saturated carbocycles. The summed E-state index contributed by atoms with van der Waals surface area (Å²) in [6, 6.07) is 3.14. The molecule has 2 fully saturated rings. The molecule has 1 aromatic carbocycles. The first-order valence-electron chi connectivity index (χ1n) is 14.3. The molecule has 41 heavy (non-hydrogen) atoms. The minimum Gasteiger partial charge on any atom is -0.478 e. The number of hydrogen-bond donors (Lipinski definition) is 3. The number of amides is 3. The van der Waals surface area contributed by atoms with Gasteiger partial charge in [0.15, 0.2) is 0 Å². The monoisotopic (exact) mass is 569 g/mol. The number of nitrogens with zero attached hydrogens (tertiary/aromatic N) is 3. The Balaban J connectivity index is 1.55. The molecule has 0 bridgehead atoms. The summed E-state index contributed by atoms with van der Waals surface area (Å²) in [6.45, 7) is 4.36. The van der Waals surface area contributed by atoms with E-state index in [4.69, 9.17) is 0 Å². The van der Waals surface area contributed by atoms with Gasteiger partial charge in [0.2, 0.25) is 11.8 Å². The van der Waals surface area contributed by atoms with Crippen molar-refractivity contribution >= 4 is 40.7 Å². The third kappa shape index (κ3) is 6.45. The Morgan fingerprint density at radius 3 is 2.29 bits per heavy atom. The third-order valence-corrected chi connectivity index (χ3v) is 8.49. The predicted octanol–water partition coefficient (Wildman–Crippen LogP) is 2.76. The highest BCUT2D eigenvalue weighted by Crippen LogP contribution is 2.31. The van der Waals surface area contributed by atoms with Crippen LogP contribution in [-0.4, -0.2) is 88.5 Å². The highest BCUT2D eigenvalue weighted by molar-refractivity contribution is 6.07. The molecule has 2 heterocycles. The Morgan fingerprint density at radius 1 is 1.05 bits per heavy atom. The van der Waals surface area contributed by atoms with Gasteiger partial charge in [-0.3, -0.25) is 14.4 Å². The number of carbonyl (C=O) groups excluding carboxylic acids is 3. The average molecular weight is 570 g/mol. The van der Waals surface area contributed by atoms with E-state index < -0.39 is 23.9 Å². The fourth-order valence-corrected chi connectivity index (χ4v) is 5.86. The lowest BCUT2D eigenvalue weighted by Gasteiger charge is -2.39. The lowest BCUT2D eigenvalue weighted by molar-refractivity contribution is -0.140. The van der Waals surface area contributed by atoms with Gasteiger partial charge in [-0.1, -0.05) is 19.3 Å². The van der Waals surface area contributed by atoms with Gasteiger partial charge in [-0.15, -0.1) is 0 Å². The Labute approximate surface area is 239 Å². The molecule has 0 radical (unpaired) electrons. The lowest BCUT2D eigenvalue weighted by atomic mass is 9.83. The number of hydrogen-bond acceptors (Lipinski definition) is 5. The minimum absolute atomic E-state index is 0.0228. The highest BCUT2D eigenvalue weighted by Gasteiger charge is 2.37. The molecule has 1 aromatic heterocycles. The Hall–Kier alpha value is -3.73. The molecule has 2 atom stereocenters. The summed E-state index contributed by atoms with van der Waals surface area (Å²) in [5.41, 5.74) is 1.24. The van der Waals surface area contributed by atoms with Gasteiger partial charge in [0.1, 0.15) is 17.6 Å². The SMILES string of the molecule is CNC(C)C(=O)NC(C(=O)N1CCN(C(=O)c2c(/C=C(\C)C(=O)O)c3cc(F)ccc3n2C)CC1)C1CCCCC1. The van der Waals surface area contributed by atoms with Crippen LogP contribution in [-0.2, 0) is 21.4 Å². The van der Waals surface area contributed by atoms with E-state index in [1.165, 1.54) is 25.1 Å². The van der Waals surface area contributed by atoms with Crippen molar-refractivity contribution in [3.8, 4) is 0 Å². The zero-order chi connectivity index (χ0) is 29.8. The molecule has 11 heteroatoms. The smallest absolute Gasteiger partial charge is 0.331 e. The number of benzene rings is 1. The second-order valence-electron chi connectivity index (χ2n) is 11.1. The number of halogens is 1. The molecule has 1 saturated heterocycles. The topological polar surface area (TPSA) is 124 Å². The molecule has 0 spiro atoms. The van der Waals surface area contributed by atoms with Crippen molar-refractivity contribution in [3.63, 3.8) is 0 Å². The first-order valence-corrected chi connectivity index (χ1v) is 14.3. The van der Waals surface area contributed by atoms with Gasteiger partial charge in [-0.25, -0.2) is 9.18 Å². The standard InChI is InChI=1S/C30H40FN5O5/c1-18(30(40)41)16-23-22-17-21(31)10-11-24(22)34(4)26(23)29(39)36-14-12-35(13-15-36)28(38)25(20-8-6-5-7-9-20)33-27(37)19(2)32-3/h10-11,16-17,19-20,25,32H,5-9,12-15H2,1-4H3,(H,33,37)(H,40,41)/b18-16+. The molecule has 2 aliphatic rings. The molecule has 2 aromatic rings. The number of aromatic nitrogens is 1. The summed E-state index contributed by atoms with van der Waals surface area (Å²) in [4.78, 5) is 55.2. The number of rotatable bonds is 8. The summed E-state index contributed by atoms with van der Waals surface area (Å²) in [5.74, 6) is -2.20. The quantitative estimate of drug-likeness (QED) is 0.420. The van der Waals surface area contributed by atoms with Gasteiger partial charge >= 0.3 is 5.97 Å². The molecule has 3 N–H and O–H groups in total. The van der Waals surface area contributed by atoms with Crippen molar-refractivity contribution in [1.82, 2.24) is 25.0 Å². The zero-order valence-corrected chi connectivity index (χ0v) is 24.2. The molecule has 3 amide bonds. The van der Waals surface area contributed by atoms with Crippen LogP contribution in [0, 0.1) is 11.7 Å². The van der Waals surface area contributed by atoms with Crippen LogP contribution in [0.5, 0.6) is 0 Å². The van der Waals surface area contributed by atoms with Gasteiger partial charge in [0.05, 0.1) is 6.04 Å². The van der Waals surface area contributed by atoms with Crippen molar-refractivity contribution in [2.45, 2.75) is 58.0 Å². The molecule has 2 unspecified atom stereocenters. The summed E-state index contributed by atoms with van der Waals surface area (Å²) < 4.78 is 15.8. The number of fused-ring (bicyclic) bond motifs is 1. The molecular weight excluding hydrogens is 529 g/mol. The first-order chi connectivity index (χ1) is 19.5. The van der Waals surface area contributed by atoms with Crippen LogP contribution < -0.4 is 10.6 Å². The van der Waals surface area contributed by atoms with E-state index in [-0.39, 0.29) is 48.0 Å². The van der Waals surface area contributed by atoms with E-state index in [1.54, 1.807) is 41.5 Å². The van der Waals surface area contributed by atoms with Crippen LogP contribution in [0.1, 0.15) is 62.0 Å². The fraction of sp³-hybridized carbons (Fsp3) is 0.533. The largest absolute Gasteiger partial charge is 0.478 e. The van der Waals surface area contributed by atoms with Gasteiger partial charge in [-0.2, -0.15) is 0 Å². The van der Waals surface area contributed by atoms with Crippen molar-refractivity contribution in [3.05, 3.63) is 40.8 Å². The van der Waals surface area contributed by atoms with Crippen molar-refractivity contribution in [1.29, 1.82) is 0 Å². The second-order valence-corrected chi connectivity index (χ2v) is 11.1. The maximum Gasteiger partial charge on any atom is 0.331 e. The fourth-order valence-electron chi connectivity index (χ4n) is 5.86. The second kappa shape index (κ2) is 12.8. The minimum atomic E-state index is -1.13. The third-order valence-electron chi connectivity index (χ3n) is 8.49. The maximum absolute atomic E-state index is 14.2. The van der Waals surface area contributed by atoms with Gasteiger partial charge < -0.3 is 30.1 Å². The molecule has 4 rings (SSSR count). The average Bonchev–Trinajstić information content (AvgIpc) is 3.24. The van der Waals surface area contributed by atoms with Gasteiger partial charge in [0, 0.05) is 55.3 Å². The number of carbonyl (C=O) groups is 4. The van der Waals surface area contributed by atoms with Crippen LogP contribution in [0.4, 0.5) is 4.39 Å². The number of aryl methyl sites for hydroxylation is 1. The number of nitrogens with one attached hydrogen (secondary N) is 2. The summed E-state index contributed by atoms with van der Waals surface area (Å²) in [6.07, 6.45) is 6.36. The van der Waals surface area contributed by atoms with E-state index >= 15 is 0 Å². The Kier molecular flexibility index (Phi) is 9.47. The van der Waals surface area contributed by atoms with Gasteiger partial charge in [0.25, 0.3) is 5.91 Å². The van der Waals surface area contributed by atoms with E-state index in [1.807, 2.05) is 0 Å². The van der Waals surface area contributed by atoms with Crippen LogP contribution in [0.2, 0.25) is 0 Å². The first kappa shape index (κ1) is 30.2. The number of piperazine rings is 1. The van der Waals surface area contributed by atoms with Crippen LogP contribution in [0.3, 0.4) is 0 Å². The van der Waals surface area contributed by atoms with E-state index in [0.29, 0.717) is 29.6 Å². The van der Waals surface area contributed by atoms with E-state index in [2.05, 4.69) is 10.6 Å². The number of likely N-dealkylation sites (N-methyl/N-ethyl adjacent to an activating group) is 1. The maximum atomic E-state index is 14.2. The summed E-state index contributed by atoms with van der Waals surface area (Å²) in [5, 5.41) is 15.8. The zero-order valence-electron chi connectivity index (χ0n) is 24.2. The normalized spacial score (nSPS) is 18.3. The molecular formula is C30H40FN5O5. The summed E-state index contributed by atoms with van der Waals surface area (Å²) >= 11 is 0. The van der Waals surface area contributed by atoms with Crippen molar-refractivity contribution in [2.24, 2.45) is 13.0 Å². The number of carboxylic acids is 1. The van der Waals surface area contributed by atoms with Crippen molar-refractivity contribution < 1.29 is 28.7 Å². The Morgan fingerprint density at radius 2 is 1.68 bits per heavy atom. The summed E-state index contributed by atoms with van der Waals surface area (Å²) in [7, 11) is 3.40. The van der Waals surface area contributed by atoms with Crippen LogP contribution in [0.25, 0.3) is 17.0 Å². The van der Waals surface area contributed by atoms with Crippen molar-refractivity contribution in [2.75, 3.05) is 33.2 Å². The van der Waals surface area contributed by atoms with E-state index in [0.717, 1.165) is 32.1 Å². The number of aliphatic carboxylic acids is 1. The van der Waals surface area contributed by atoms with E-state index in [9.17, 15) is 28.7 Å². The molecule has 222 valence electrons. The Bertz CT molecular complexity index is 1350. The number of carboxylic acid groups (broad SMARTS) is 1. The molecule has 1 aliphatic carbocycles. The molecule has 1 aliphatic heterocycles.